The van der Waals surface area contributed by atoms with E-state index < -0.39 is 0 Å². The Balaban J connectivity index is 2.26. The summed E-state index contributed by atoms with van der Waals surface area (Å²) in [5.74, 6) is 0.0390. The minimum atomic E-state index is 0.0390. The molecule has 0 amide bonds. The third-order valence-corrected chi connectivity index (χ3v) is 4.12. The van der Waals surface area contributed by atoms with E-state index in [4.69, 9.17) is 11.6 Å². The Morgan fingerprint density at radius 2 is 2.22 bits per heavy atom. The molecule has 0 N–H and O–H groups in total. The molecule has 0 atom stereocenters. The molecule has 6 heteroatoms. The smallest absolute Gasteiger partial charge is 0.180 e. The van der Waals surface area contributed by atoms with Crippen molar-refractivity contribution in [2.45, 2.75) is 33.7 Å². The highest BCUT2D eigenvalue weighted by Crippen LogP contribution is 2.23. The summed E-state index contributed by atoms with van der Waals surface area (Å²) in [6.45, 7) is 6.42. The Labute approximate surface area is 115 Å². The second kappa shape index (κ2) is 5.20. The van der Waals surface area contributed by atoms with Crippen molar-refractivity contribution in [3.05, 3.63) is 32.5 Å². The van der Waals surface area contributed by atoms with Crippen molar-refractivity contribution in [3.8, 4) is 0 Å². The fourth-order valence-corrected chi connectivity index (χ4v) is 2.68. The van der Waals surface area contributed by atoms with E-state index in [2.05, 4.69) is 10.1 Å². The molecule has 4 nitrogen and oxygen atoms in total. The van der Waals surface area contributed by atoms with E-state index in [9.17, 15) is 4.79 Å². The van der Waals surface area contributed by atoms with Crippen molar-refractivity contribution in [3.63, 3.8) is 0 Å². The summed E-state index contributed by atoms with van der Waals surface area (Å²) >= 11 is 7.59. The average Bonchev–Trinajstić information content (AvgIpc) is 2.88. The predicted octanol–water partition coefficient (Wildman–Crippen LogP) is 3.06. The van der Waals surface area contributed by atoms with Gasteiger partial charge in [0.2, 0.25) is 0 Å². The van der Waals surface area contributed by atoms with Crippen molar-refractivity contribution in [2.24, 2.45) is 0 Å². The van der Waals surface area contributed by atoms with Gasteiger partial charge in [0.05, 0.1) is 32.7 Å². The molecule has 2 aromatic rings. The number of aryl methyl sites for hydroxylation is 3. The summed E-state index contributed by atoms with van der Waals surface area (Å²) in [7, 11) is 0. The molecule has 0 saturated heterocycles. The Kier molecular flexibility index (Phi) is 3.82. The summed E-state index contributed by atoms with van der Waals surface area (Å²) < 4.78 is 1.78. The first-order chi connectivity index (χ1) is 8.52. The molecule has 0 aromatic carbocycles. The van der Waals surface area contributed by atoms with Gasteiger partial charge in [-0.3, -0.25) is 9.48 Å². The Morgan fingerprint density at radius 3 is 2.78 bits per heavy atom. The van der Waals surface area contributed by atoms with Crippen LogP contribution in [0.2, 0.25) is 5.02 Å². The van der Waals surface area contributed by atoms with E-state index in [0.29, 0.717) is 16.4 Å². The van der Waals surface area contributed by atoms with Crippen LogP contribution in [0.25, 0.3) is 0 Å². The standard InChI is InChI=1S/C12H14ClN3OS/c1-4-16-9(12(13)7(2)15-16)5-10(17)11-6-14-8(3)18-11/h6H,4-5H2,1-3H3. The number of hydrogen-bond acceptors (Lipinski definition) is 4. The number of thiazole rings is 1. The predicted molar refractivity (Wildman–Crippen MR) is 72.5 cm³/mol. The van der Waals surface area contributed by atoms with Crippen LogP contribution in [0, 0.1) is 13.8 Å². The van der Waals surface area contributed by atoms with E-state index >= 15 is 0 Å². The Hall–Kier alpha value is -1.20. The van der Waals surface area contributed by atoms with Gasteiger partial charge in [0.15, 0.2) is 5.78 Å². The zero-order valence-corrected chi connectivity index (χ0v) is 12.1. The SMILES string of the molecule is CCn1nc(C)c(Cl)c1CC(=O)c1cnc(C)s1. The maximum absolute atomic E-state index is 12.1. The lowest BCUT2D eigenvalue weighted by Crippen LogP contribution is -2.09. The minimum absolute atomic E-state index is 0.0390. The van der Waals surface area contributed by atoms with Gasteiger partial charge in [-0.1, -0.05) is 11.6 Å². The number of hydrogen-bond donors (Lipinski definition) is 0. The molecular weight excluding hydrogens is 270 g/mol. The summed E-state index contributed by atoms with van der Waals surface area (Å²) in [5, 5.41) is 5.78. The number of halogens is 1. The molecule has 96 valence electrons. The molecule has 2 rings (SSSR count). The third kappa shape index (κ3) is 2.47. The van der Waals surface area contributed by atoms with E-state index in [1.54, 1.807) is 10.9 Å². The average molecular weight is 284 g/mol. The van der Waals surface area contributed by atoms with Crippen LogP contribution in [-0.4, -0.2) is 20.5 Å². The highest BCUT2D eigenvalue weighted by atomic mass is 35.5. The van der Waals surface area contributed by atoms with Crippen LogP contribution < -0.4 is 0 Å². The van der Waals surface area contributed by atoms with Gasteiger partial charge < -0.3 is 0 Å². The number of carbonyl (C=O) groups excluding carboxylic acids is 1. The highest BCUT2D eigenvalue weighted by molar-refractivity contribution is 7.13. The highest BCUT2D eigenvalue weighted by Gasteiger charge is 2.18. The number of nitrogens with zero attached hydrogens (tertiary/aromatic N) is 3. The molecule has 2 heterocycles. The fourth-order valence-electron chi connectivity index (χ4n) is 1.77. The topological polar surface area (TPSA) is 47.8 Å². The van der Waals surface area contributed by atoms with Crippen LogP contribution in [0.3, 0.4) is 0 Å². The Bertz CT molecular complexity index is 588. The summed E-state index contributed by atoms with van der Waals surface area (Å²) in [6, 6.07) is 0. The normalized spacial score (nSPS) is 10.9. The molecule has 2 aromatic heterocycles. The Morgan fingerprint density at radius 1 is 1.50 bits per heavy atom. The molecule has 0 radical (unpaired) electrons. The number of carbonyl (C=O) groups is 1. The van der Waals surface area contributed by atoms with Gasteiger partial charge in [-0.05, 0) is 20.8 Å². The van der Waals surface area contributed by atoms with Gasteiger partial charge in [0.25, 0.3) is 0 Å². The molecule has 0 aliphatic carbocycles. The first kappa shape index (κ1) is 13.2. The second-order valence-corrected chi connectivity index (χ2v) is 5.62. The number of aromatic nitrogens is 3. The summed E-state index contributed by atoms with van der Waals surface area (Å²) in [4.78, 5) is 16.9. The molecule has 0 unspecified atom stereocenters. The van der Waals surface area contributed by atoms with Gasteiger partial charge in [0, 0.05) is 12.7 Å². The van der Waals surface area contributed by atoms with Crippen LogP contribution >= 0.6 is 22.9 Å². The first-order valence-corrected chi connectivity index (χ1v) is 6.89. The monoisotopic (exact) mass is 283 g/mol. The molecule has 0 saturated carbocycles. The minimum Gasteiger partial charge on any atom is -0.293 e. The van der Waals surface area contributed by atoms with E-state index in [1.807, 2.05) is 20.8 Å². The largest absolute Gasteiger partial charge is 0.293 e. The molecule has 0 aliphatic rings. The van der Waals surface area contributed by atoms with Gasteiger partial charge in [-0.2, -0.15) is 5.10 Å². The molecule has 18 heavy (non-hydrogen) atoms. The molecule has 0 fully saturated rings. The quantitative estimate of drug-likeness (QED) is 0.810. The second-order valence-electron chi connectivity index (χ2n) is 4.01. The van der Waals surface area contributed by atoms with Crippen LogP contribution in [0.4, 0.5) is 0 Å². The van der Waals surface area contributed by atoms with Gasteiger partial charge >= 0.3 is 0 Å². The lowest BCUT2D eigenvalue weighted by molar-refractivity contribution is 0.0994. The first-order valence-electron chi connectivity index (χ1n) is 5.70. The van der Waals surface area contributed by atoms with Gasteiger partial charge in [-0.15, -0.1) is 11.3 Å². The molecule has 0 aliphatic heterocycles. The maximum Gasteiger partial charge on any atom is 0.180 e. The van der Waals surface area contributed by atoms with Crippen molar-refractivity contribution in [1.82, 2.24) is 14.8 Å². The zero-order chi connectivity index (χ0) is 13.3. The maximum atomic E-state index is 12.1. The van der Waals surface area contributed by atoms with Crippen LogP contribution in [0.1, 0.15) is 33.0 Å². The van der Waals surface area contributed by atoms with E-state index in [-0.39, 0.29) is 12.2 Å². The van der Waals surface area contributed by atoms with Crippen LogP contribution in [-0.2, 0) is 13.0 Å². The lowest BCUT2D eigenvalue weighted by Gasteiger charge is -2.03. The van der Waals surface area contributed by atoms with Crippen molar-refractivity contribution in [2.75, 3.05) is 0 Å². The van der Waals surface area contributed by atoms with Gasteiger partial charge in [0.1, 0.15) is 0 Å². The van der Waals surface area contributed by atoms with Crippen LogP contribution in [0.15, 0.2) is 6.20 Å². The van der Waals surface area contributed by atoms with Crippen LogP contribution in [0.5, 0.6) is 0 Å². The zero-order valence-electron chi connectivity index (χ0n) is 10.5. The lowest BCUT2D eigenvalue weighted by atomic mass is 10.2. The van der Waals surface area contributed by atoms with Crippen molar-refractivity contribution >= 4 is 28.7 Å². The number of ketones is 1. The van der Waals surface area contributed by atoms with Crippen molar-refractivity contribution < 1.29 is 4.79 Å². The van der Waals surface area contributed by atoms with Gasteiger partial charge in [-0.25, -0.2) is 4.98 Å². The molecular formula is C12H14ClN3OS. The van der Waals surface area contributed by atoms with Crippen molar-refractivity contribution in [1.29, 1.82) is 0 Å². The summed E-state index contributed by atoms with van der Waals surface area (Å²) in [5.41, 5.74) is 1.55. The molecule has 0 bridgehead atoms. The summed E-state index contributed by atoms with van der Waals surface area (Å²) in [6.07, 6.45) is 1.89. The van der Waals surface area contributed by atoms with E-state index in [0.717, 1.165) is 16.4 Å². The third-order valence-electron chi connectivity index (χ3n) is 2.68. The number of rotatable bonds is 4. The number of Topliss-reactive ketones (excluding diaryl/α,β-unsaturated/α-hetero) is 1. The van der Waals surface area contributed by atoms with E-state index in [1.165, 1.54) is 11.3 Å². The molecule has 0 spiro atoms. The fraction of sp³-hybridized carbons (Fsp3) is 0.417.